The molecule has 3 aromatic carbocycles. The highest BCUT2D eigenvalue weighted by atomic mass is 32.2. The average Bonchev–Trinajstić information content (AvgIpc) is 2.87. The fourth-order valence-electron chi connectivity index (χ4n) is 4.06. The molecule has 0 saturated carbocycles. The number of ether oxygens (including phenoxy) is 2. The molecule has 8 heteroatoms. The Bertz CT molecular complexity index is 1260. The second-order valence-electron chi connectivity index (χ2n) is 8.07. The molecule has 0 fully saturated rings. The first-order valence-corrected chi connectivity index (χ1v) is 12.7. The summed E-state index contributed by atoms with van der Waals surface area (Å²) in [5.74, 6) is 0.752. The second-order valence-corrected chi connectivity index (χ2v) is 10.2. The van der Waals surface area contributed by atoms with E-state index in [0.717, 1.165) is 22.3 Å². The monoisotopic (exact) mass is 480 g/mol. The lowest BCUT2D eigenvalue weighted by Crippen LogP contribution is -2.40. The van der Waals surface area contributed by atoms with Crippen LogP contribution in [0.5, 0.6) is 11.5 Å². The summed E-state index contributed by atoms with van der Waals surface area (Å²) in [6, 6.07) is 20.9. The average molecular weight is 481 g/mol. The van der Waals surface area contributed by atoms with Crippen molar-refractivity contribution in [3.8, 4) is 22.6 Å². The van der Waals surface area contributed by atoms with Crippen molar-refractivity contribution in [3.63, 3.8) is 0 Å². The quantitative estimate of drug-likeness (QED) is 0.534. The number of nitrogens with zero attached hydrogens (tertiary/aromatic N) is 1. The zero-order valence-corrected chi connectivity index (χ0v) is 20.1. The van der Waals surface area contributed by atoms with E-state index < -0.39 is 10.0 Å². The van der Waals surface area contributed by atoms with Crippen molar-refractivity contribution in [2.45, 2.75) is 13.0 Å². The lowest BCUT2D eigenvalue weighted by atomic mass is 10.0. The third-order valence-electron chi connectivity index (χ3n) is 5.98. The van der Waals surface area contributed by atoms with Crippen LogP contribution >= 0.6 is 0 Å². The SMILES string of the molecule is COc1cc2c(cc1OC)CN(S(=O)(=O)CCNC(=O)c1ccc(-c3ccccc3)cc1)CC2. The van der Waals surface area contributed by atoms with Crippen LogP contribution in [0.3, 0.4) is 0 Å². The van der Waals surface area contributed by atoms with E-state index in [9.17, 15) is 13.2 Å². The number of sulfonamides is 1. The van der Waals surface area contributed by atoms with Crippen LogP contribution in [0, 0.1) is 0 Å². The maximum absolute atomic E-state index is 12.9. The fourth-order valence-corrected chi connectivity index (χ4v) is 5.39. The van der Waals surface area contributed by atoms with Gasteiger partial charge in [-0.25, -0.2) is 8.42 Å². The Morgan fingerprint density at radius 1 is 0.912 bits per heavy atom. The van der Waals surface area contributed by atoms with Crippen LogP contribution in [0.15, 0.2) is 66.7 Å². The Morgan fingerprint density at radius 2 is 1.53 bits per heavy atom. The highest BCUT2D eigenvalue weighted by Crippen LogP contribution is 2.33. The van der Waals surface area contributed by atoms with Crippen molar-refractivity contribution >= 4 is 15.9 Å². The summed E-state index contributed by atoms with van der Waals surface area (Å²) in [4.78, 5) is 12.5. The van der Waals surface area contributed by atoms with E-state index in [-0.39, 0.29) is 24.7 Å². The van der Waals surface area contributed by atoms with E-state index in [1.807, 2.05) is 54.6 Å². The number of amides is 1. The first-order chi connectivity index (χ1) is 16.4. The summed E-state index contributed by atoms with van der Waals surface area (Å²) in [5, 5.41) is 2.72. The van der Waals surface area contributed by atoms with Gasteiger partial charge in [0.05, 0.1) is 20.0 Å². The minimum atomic E-state index is -3.54. The molecule has 178 valence electrons. The van der Waals surface area contributed by atoms with E-state index in [2.05, 4.69) is 5.32 Å². The number of nitrogens with one attached hydrogen (secondary N) is 1. The van der Waals surface area contributed by atoms with E-state index >= 15 is 0 Å². The number of hydrogen-bond acceptors (Lipinski definition) is 5. The van der Waals surface area contributed by atoms with Crippen LogP contribution < -0.4 is 14.8 Å². The zero-order valence-electron chi connectivity index (χ0n) is 19.3. The van der Waals surface area contributed by atoms with Gasteiger partial charge in [0.1, 0.15) is 0 Å². The standard InChI is InChI=1S/C26H28N2O5S/c1-32-24-16-22-12-14-28(18-23(22)17-25(24)33-2)34(30,31)15-13-27-26(29)21-10-8-20(9-11-21)19-6-4-3-5-7-19/h3-11,16-17H,12-15,18H2,1-2H3,(H,27,29). The van der Waals surface area contributed by atoms with E-state index in [1.54, 1.807) is 26.4 Å². The molecule has 34 heavy (non-hydrogen) atoms. The Morgan fingerprint density at radius 3 is 2.18 bits per heavy atom. The number of carbonyl (C=O) groups is 1. The molecule has 1 aliphatic heterocycles. The van der Waals surface area contributed by atoms with Crippen molar-refractivity contribution in [3.05, 3.63) is 83.4 Å². The smallest absolute Gasteiger partial charge is 0.251 e. The van der Waals surface area contributed by atoms with Gasteiger partial charge in [-0.2, -0.15) is 4.31 Å². The van der Waals surface area contributed by atoms with E-state index in [0.29, 0.717) is 30.0 Å². The lowest BCUT2D eigenvalue weighted by Gasteiger charge is -2.29. The molecule has 0 saturated heterocycles. The maximum Gasteiger partial charge on any atom is 0.251 e. The van der Waals surface area contributed by atoms with Gasteiger partial charge in [0, 0.05) is 25.2 Å². The van der Waals surface area contributed by atoms with Gasteiger partial charge in [-0.3, -0.25) is 4.79 Å². The highest BCUT2D eigenvalue weighted by molar-refractivity contribution is 7.89. The molecular formula is C26H28N2O5S. The van der Waals surface area contributed by atoms with Crippen LogP contribution in [-0.4, -0.2) is 51.7 Å². The van der Waals surface area contributed by atoms with Gasteiger partial charge < -0.3 is 14.8 Å². The third-order valence-corrected chi connectivity index (χ3v) is 7.79. The fraction of sp³-hybridized carbons (Fsp3) is 0.269. The molecule has 0 spiro atoms. The van der Waals surface area contributed by atoms with Crippen LogP contribution in [0.1, 0.15) is 21.5 Å². The van der Waals surface area contributed by atoms with Crippen LogP contribution in [-0.2, 0) is 23.0 Å². The molecule has 7 nitrogen and oxygen atoms in total. The predicted octanol–water partition coefficient (Wildman–Crippen LogP) is 3.49. The summed E-state index contributed by atoms with van der Waals surface area (Å²) >= 11 is 0. The van der Waals surface area contributed by atoms with Gasteiger partial charge in [0.2, 0.25) is 10.0 Å². The number of methoxy groups -OCH3 is 2. The predicted molar refractivity (Wildman–Crippen MR) is 132 cm³/mol. The number of rotatable bonds is 8. The zero-order chi connectivity index (χ0) is 24.1. The van der Waals surface area contributed by atoms with Crippen molar-refractivity contribution in [1.29, 1.82) is 0 Å². The molecule has 1 heterocycles. The molecule has 0 bridgehead atoms. The van der Waals surface area contributed by atoms with Gasteiger partial charge in [0.25, 0.3) is 5.91 Å². The minimum Gasteiger partial charge on any atom is -0.493 e. The maximum atomic E-state index is 12.9. The first-order valence-electron chi connectivity index (χ1n) is 11.1. The summed E-state index contributed by atoms with van der Waals surface area (Å²) in [5.41, 5.74) is 4.52. The third kappa shape index (κ3) is 5.24. The Kier molecular flexibility index (Phi) is 7.19. The van der Waals surface area contributed by atoms with Gasteiger partial charge >= 0.3 is 0 Å². The summed E-state index contributed by atoms with van der Waals surface area (Å²) in [6.45, 7) is 0.698. The van der Waals surface area contributed by atoms with Crippen molar-refractivity contribution in [2.24, 2.45) is 0 Å². The van der Waals surface area contributed by atoms with E-state index in [1.165, 1.54) is 4.31 Å². The molecule has 0 aliphatic carbocycles. The first kappa shape index (κ1) is 23.8. The lowest BCUT2D eigenvalue weighted by molar-refractivity contribution is 0.0956. The van der Waals surface area contributed by atoms with Crippen molar-refractivity contribution in [1.82, 2.24) is 9.62 Å². The van der Waals surface area contributed by atoms with Crippen molar-refractivity contribution < 1.29 is 22.7 Å². The molecule has 0 atom stereocenters. The molecule has 3 aromatic rings. The Labute approximate surface area is 200 Å². The van der Waals surface area contributed by atoms with Gasteiger partial charge in [-0.05, 0) is 52.9 Å². The molecule has 1 amide bonds. The van der Waals surface area contributed by atoms with Gasteiger partial charge in [-0.1, -0.05) is 42.5 Å². The van der Waals surface area contributed by atoms with Gasteiger partial charge in [0.15, 0.2) is 11.5 Å². The number of hydrogen-bond donors (Lipinski definition) is 1. The van der Waals surface area contributed by atoms with E-state index in [4.69, 9.17) is 9.47 Å². The normalized spacial score (nSPS) is 13.7. The number of benzene rings is 3. The second kappa shape index (κ2) is 10.3. The molecule has 4 rings (SSSR count). The summed E-state index contributed by atoms with van der Waals surface area (Å²) < 4.78 is 38.0. The highest BCUT2D eigenvalue weighted by Gasteiger charge is 2.27. The Balaban J connectivity index is 1.34. The largest absolute Gasteiger partial charge is 0.493 e. The minimum absolute atomic E-state index is 0.0386. The molecule has 0 aromatic heterocycles. The van der Waals surface area contributed by atoms with Crippen LogP contribution in [0.4, 0.5) is 0 Å². The topological polar surface area (TPSA) is 84.9 Å². The molecule has 1 N–H and O–H groups in total. The summed E-state index contributed by atoms with van der Waals surface area (Å²) in [7, 11) is -0.401. The molecular weight excluding hydrogens is 452 g/mol. The molecule has 0 unspecified atom stereocenters. The summed E-state index contributed by atoms with van der Waals surface area (Å²) in [6.07, 6.45) is 0.592. The van der Waals surface area contributed by atoms with Crippen molar-refractivity contribution in [2.75, 3.05) is 33.1 Å². The Hall–Kier alpha value is -3.36. The number of fused-ring (bicyclic) bond motifs is 1. The van der Waals surface area contributed by atoms with Crippen LogP contribution in [0.2, 0.25) is 0 Å². The molecule has 1 aliphatic rings. The number of carbonyl (C=O) groups excluding carboxylic acids is 1. The molecule has 0 radical (unpaired) electrons. The van der Waals surface area contributed by atoms with Gasteiger partial charge in [-0.15, -0.1) is 0 Å². The van der Waals surface area contributed by atoms with Crippen LogP contribution in [0.25, 0.3) is 11.1 Å².